The van der Waals surface area contributed by atoms with Gasteiger partial charge in [0, 0.05) is 0 Å². The molecule has 0 bridgehead atoms. The van der Waals surface area contributed by atoms with Crippen LogP contribution in [0.25, 0.3) is 0 Å². The topological polar surface area (TPSA) is 0 Å². The molecule has 13 heavy (non-hydrogen) atoms. The van der Waals surface area contributed by atoms with E-state index in [9.17, 15) is 13.2 Å². The zero-order chi connectivity index (χ0) is 10.4. The van der Waals surface area contributed by atoms with Gasteiger partial charge in [0.2, 0.25) is 0 Å². The van der Waals surface area contributed by atoms with E-state index < -0.39 is 17.5 Å². The molecule has 0 saturated heterocycles. The molecule has 0 unspecified atom stereocenters. The Kier molecular flexibility index (Phi) is 6.61. The summed E-state index contributed by atoms with van der Waals surface area (Å²) < 4.78 is 37.0. The summed E-state index contributed by atoms with van der Waals surface area (Å²) in [6.07, 6.45) is 0.244. The molecule has 0 aromatic heterocycles. The van der Waals surface area contributed by atoms with Gasteiger partial charge in [-0.3, -0.25) is 0 Å². The van der Waals surface area contributed by atoms with Gasteiger partial charge in [0.25, 0.3) is 0 Å². The molecule has 1 aromatic rings. The maximum absolute atomic E-state index is 12.4. The molecule has 0 spiro atoms. The van der Waals surface area contributed by atoms with Gasteiger partial charge < -0.3 is 6.92 Å². The van der Waals surface area contributed by atoms with Crippen LogP contribution >= 0.6 is 13.6 Å². The van der Waals surface area contributed by atoms with Crippen molar-refractivity contribution in [2.24, 2.45) is 0 Å². The van der Waals surface area contributed by atoms with Crippen LogP contribution < -0.4 is 0 Å². The van der Waals surface area contributed by atoms with E-state index in [1.54, 1.807) is 0 Å². The number of halogens is 4. The van der Waals surface area contributed by atoms with Crippen molar-refractivity contribution in [2.75, 3.05) is 0 Å². The monoisotopic (exact) mass is 302 g/mol. The van der Waals surface area contributed by atoms with Gasteiger partial charge in [-0.05, 0) is 12.1 Å². The molecule has 0 nitrogen and oxygen atoms in total. The molecule has 0 radical (unpaired) electrons. The predicted molar refractivity (Wildman–Crippen MR) is 44.3 cm³/mol. The molecule has 0 N–H and O–H groups in total. The van der Waals surface area contributed by atoms with E-state index in [1.807, 2.05) is 0 Å². The van der Waals surface area contributed by atoms with E-state index in [4.69, 9.17) is 0 Å². The third kappa shape index (κ3) is 3.78. The average molecular weight is 304 g/mol. The van der Waals surface area contributed by atoms with Crippen molar-refractivity contribution in [3.63, 3.8) is 0 Å². The van der Waals surface area contributed by atoms with Crippen LogP contribution in [0.15, 0.2) is 12.1 Å². The summed E-state index contributed by atoms with van der Waals surface area (Å²) in [6.45, 7) is 3.41. The van der Waals surface area contributed by atoms with Gasteiger partial charge in [0.05, 0.1) is 0 Å². The number of hydrogen-bond donors (Lipinski definition) is 0. The van der Waals surface area contributed by atoms with Crippen molar-refractivity contribution < 1.29 is 29.5 Å². The van der Waals surface area contributed by atoms with Crippen LogP contribution in [0.2, 0.25) is 0 Å². The Morgan fingerprint density at radius 3 is 1.85 bits per heavy atom. The molecule has 0 fully saturated rings. The average Bonchev–Trinajstić information content (AvgIpc) is 2.16. The zero-order valence-corrected chi connectivity index (χ0v) is 11.3. The molecule has 0 amide bonds. The van der Waals surface area contributed by atoms with Crippen LogP contribution in [-0.2, 0) is 22.8 Å². The number of hydrogen-bond acceptors (Lipinski definition) is 0. The van der Waals surface area contributed by atoms with Gasteiger partial charge in [0.1, 0.15) is 0 Å². The Morgan fingerprint density at radius 2 is 1.54 bits per heavy atom. The summed E-state index contributed by atoms with van der Waals surface area (Å²) >= 11 is 4.25. The molecule has 0 heterocycles. The van der Waals surface area contributed by atoms with Gasteiger partial charge in [0.15, 0.2) is 17.5 Å². The van der Waals surface area contributed by atoms with Gasteiger partial charge in [-0.25, -0.2) is 13.2 Å². The van der Waals surface area contributed by atoms with Crippen LogP contribution in [0.3, 0.4) is 0 Å². The third-order valence-corrected chi connectivity index (χ3v) is 1.33. The van der Waals surface area contributed by atoms with E-state index in [2.05, 4.69) is 20.5 Å². The Hall–Kier alpha value is 0.113. The molecule has 68 valence electrons. The molecule has 5 heteroatoms. The Balaban J connectivity index is 0.000000671. The van der Waals surface area contributed by atoms with E-state index in [1.165, 1.54) is 16.3 Å². The van der Waals surface area contributed by atoms with Gasteiger partial charge >= 0.3 is 30.0 Å². The number of benzene rings is 1. The van der Waals surface area contributed by atoms with Crippen LogP contribution in [0, 0.1) is 24.4 Å². The SMILES string of the molecule is [CH2-]Cc1cc(F)c(F)c(F)c1.[Zn+][Br]. The van der Waals surface area contributed by atoms with E-state index >= 15 is 0 Å². The first kappa shape index (κ1) is 13.1. The third-order valence-electron chi connectivity index (χ3n) is 1.33. The fourth-order valence-electron chi connectivity index (χ4n) is 0.752. The second-order valence-corrected chi connectivity index (χ2v) is 2.12. The van der Waals surface area contributed by atoms with Crippen molar-refractivity contribution >= 4 is 13.6 Å². The number of rotatable bonds is 1. The van der Waals surface area contributed by atoms with Crippen molar-refractivity contribution in [3.05, 3.63) is 42.1 Å². The second-order valence-electron chi connectivity index (χ2n) is 2.12. The fraction of sp³-hybridized carbons (Fsp3) is 0.125. The van der Waals surface area contributed by atoms with Gasteiger partial charge in [-0.2, -0.15) is 6.42 Å². The van der Waals surface area contributed by atoms with Gasteiger partial charge in [-0.1, -0.05) is 5.56 Å². The summed E-state index contributed by atoms with van der Waals surface area (Å²) in [5.41, 5.74) is 0.349. The van der Waals surface area contributed by atoms with E-state index in [-0.39, 0.29) is 6.42 Å². The zero-order valence-electron chi connectivity index (χ0n) is 6.79. The van der Waals surface area contributed by atoms with Gasteiger partial charge in [-0.15, -0.1) is 0 Å². The second kappa shape index (κ2) is 6.55. The molecule has 0 saturated carbocycles. The Bertz CT molecular complexity index is 255. The van der Waals surface area contributed by atoms with E-state index in [0.29, 0.717) is 5.56 Å². The minimum absolute atomic E-state index is 0.244. The predicted octanol–water partition coefficient (Wildman–Crippen LogP) is 3.32. The molecule has 1 rings (SSSR count). The first-order valence-electron chi connectivity index (χ1n) is 3.34. The van der Waals surface area contributed by atoms with Crippen molar-refractivity contribution in [2.45, 2.75) is 6.42 Å². The molecular weight excluding hydrogens is 298 g/mol. The van der Waals surface area contributed by atoms with Crippen LogP contribution in [0.5, 0.6) is 0 Å². The standard InChI is InChI=1S/C8H6F3.BrH.Zn/c1-2-5-3-6(9)8(11)7(10)4-5;;/h3-4H,1-2H2;1H;/q-1;;+2/p-1. The molecule has 0 aliphatic rings. The summed E-state index contributed by atoms with van der Waals surface area (Å²) in [4.78, 5) is 0. The van der Waals surface area contributed by atoms with Crippen molar-refractivity contribution in [1.29, 1.82) is 0 Å². The Labute approximate surface area is 91.6 Å². The summed E-state index contributed by atoms with van der Waals surface area (Å²) in [5.74, 6) is -3.76. The molecule has 0 aliphatic heterocycles. The molecule has 0 atom stereocenters. The van der Waals surface area contributed by atoms with Crippen molar-refractivity contribution in [3.8, 4) is 0 Å². The molecular formula is C8H6BrF3Zn. The minimum atomic E-state index is -1.43. The first-order chi connectivity index (χ1) is 6.15. The van der Waals surface area contributed by atoms with E-state index in [0.717, 1.165) is 12.1 Å². The fourth-order valence-corrected chi connectivity index (χ4v) is 0.752. The summed E-state index contributed by atoms with van der Waals surface area (Å²) in [6, 6.07) is 1.87. The van der Waals surface area contributed by atoms with Crippen LogP contribution in [0.4, 0.5) is 13.2 Å². The Morgan fingerprint density at radius 1 is 1.15 bits per heavy atom. The maximum atomic E-state index is 12.4. The van der Waals surface area contributed by atoms with Crippen molar-refractivity contribution in [1.82, 2.24) is 0 Å². The van der Waals surface area contributed by atoms with Crippen LogP contribution in [0.1, 0.15) is 5.56 Å². The normalized spacial score (nSPS) is 9.15. The molecule has 1 aromatic carbocycles. The summed E-state index contributed by atoms with van der Waals surface area (Å²) in [5, 5.41) is 0. The first-order valence-corrected chi connectivity index (χ1v) is 10.3. The summed E-state index contributed by atoms with van der Waals surface area (Å²) in [7, 11) is 0. The van der Waals surface area contributed by atoms with Crippen LogP contribution in [-0.4, -0.2) is 0 Å². The quantitative estimate of drug-likeness (QED) is 0.424. The molecule has 0 aliphatic carbocycles.